The van der Waals surface area contributed by atoms with Gasteiger partial charge in [-0.15, -0.1) is 0 Å². The Balaban J connectivity index is 1.58. The highest BCUT2D eigenvalue weighted by Crippen LogP contribution is 2.35. The van der Waals surface area contributed by atoms with Gasteiger partial charge in [-0.2, -0.15) is 22.0 Å². The third kappa shape index (κ3) is 3.21. The molecular weight excluding hydrogens is 340 g/mol. The summed E-state index contributed by atoms with van der Waals surface area (Å²) in [6.45, 7) is 1.71. The molecule has 7 nitrogen and oxygen atoms in total. The van der Waals surface area contributed by atoms with Gasteiger partial charge in [0.1, 0.15) is 6.04 Å². The lowest BCUT2D eigenvalue weighted by Crippen LogP contribution is -2.45. The molecule has 0 aliphatic carbocycles. The Hall–Kier alpha value is -1.77. The average Bonchev–Trinajstić information content (AvgIpc) is 3.33. The summed E-state index contributed by atoms with van der Waals surface area (Å²) in [6.07, 6.45) is 4.47. The van der Waals surface area contributed by atoms with Crippen molar-refractivity contribution >= 4 is 10.2 Å². The summed E-state index contributed by atoms with van der Waals surface area (Å²) >= 11 is 0. The van der Waals surface area contributed by atoms with Gasteiger partial charge in [0, 0.05) is 25.2 Å². The van der Waals surface area contributed by atoms with E-state index in [1.165, 1.54) is 0 Å². The van der Waals surface area contributed by atoms with E-state index in [0.29, 0.717) is 37.8 Å². The second-order valence-electron chi connectivity index (χ2n) is 6.56. The van der Waals surface area contributed by atoms with Crippen LogP contribution in [0.25, 0.3) is 11.4 Å². The van der Waals surface area contributed by atoms with Gasteiger partial charge in [0.15, 0.2) is 0 Å². The first-order valence-corrected chi connectivity index (χ1v) is 10.2. The summed E-state index contributed by atoms with van der Waals surface area (Å²) in [5, 5.41) is 4.04. The summed E-state index contributed by atoms with van der Waals surface area (Å²) < 4.78 is 34.6. The van der Waals surface area contributed by atoms with E-state index in [2.05, 4.69) is 10.1 Å². The molecule has 0 bridgehead atoms. The first-order valence-electron chi connectivity index (χ1n) is 8.82. The second kappa shape index (κ2) is 6.86. The van der Waals surface area contributed by atoms with Crippen molar-refractivity contribution in [2.24, 2.45) is 0 Å². The van der Waals surface area contributed by atoms with Crippen LogP contribution < -0.4 is 0 Å². The maximum absolute atomic E-state index is 13.0. The normalized spacial score (nSPS) is 23.1. The van der Waals surface area contributed by atoms with Crippen molar-refractivity contribution in [3.63, 3.8) is 0 Å². The maximum atomic E-state index is 13.0. The molecule has 8 heteroatoms. The lowest BCUT2D eigenvalue weighted by atomic mass is 10.2. The highest BCUT2D eigenvalue weighted by molar-refractivity contribution is 7.86. The molecule has 4 rings (SSSR count). The SMILES string of the molecule is O=S(=O)(N1CCCCC1)N1CCC[C@H]1c1nc(-c2ccccc2)no1. The molecule has 2 saturated heterocycles. The standard InChI is InChI=1S/C17H22N4O3S/c22-25(23,20-11-5-2-6-12-20)21-13-7-10-15(21)17-18-16(19-24-17)14-8-3-1-4-9-14/h1,3-4,8-9,15H,2,5-7,10-13H2/t15-/m0/s1. The van der Waals surface area contributed by atoms with E-state index in [9.17, 15) is 8.42 Å². The number of benzene rings is 1. The fourth-order valence-electron chi connectivity index (χ4n) is 3.58. The highest BCUT2D eigenvalue weighted by atomic mass is 32.2. The molecule has 0 saturated carbocycles. The van der Waals surface area contributed by atoms with Crippen molar-refractivity contribution in [1.82, 2.24) is 18.8 Å². The van der Waals surface area contributed by atoms with Crippen LogP contribution in [-0.4, -0.2) is 46.8 Å². The van der Waals surface area contributed by atoms with Crippen LogP contribution in [0.5, 0.6) is 0 Å². The Labute approximate surface area is 147 Å². The zero-order valence-corrected chi connectivity index (χ0v) is 14.9. The number of rotatable bonds is 4. The van der Waals surface area contributed by atoms with Gasteiger partial charge < -0.3 is 4.52 Å². The first kappa shape index (κ1) is 16.7. The third-order valence-electron chi connectivity index (χ3n) is 4.90. The number of hydrogen-bond acceptors (Lipinski definition) is 5. The average molecular weight is 362 g/mol. The molecule has 2 aromatic rings. The Morgan fingerprint density at radius 2 is 1.76 bits per heavy atom. The van der Waals surface area contributed by atoms with Crippen molar-refractivity contribution < 1.29 is 12.9 Å². The molecule has 134 valence electrons. The van der Waals surface area contributed by atoms with Gasteiger partial charge in [-0.3, -0.25) is 0 Å². The molecule has 1 atom stereocenters. The van der Waals surface area contributed by atoms with E-state index in [4.69, 9.17) is 4.52 Å². The van der Waals surface area contributed by atoms with Crippen molar-refractivity contribution in [3.05, 3.63) is 36.2 Å². The minimum absolute atomic E-state index is 0.364. The van der Waals surface area contributed by atoms with Crippen LogP contribution in [0.4, 0.5) is 0 Å². The Kier molecular flexibility index (Phi) is 4.58. The van der Waals surface area contributed by atoms with Gasteiger partial charge in [-0.1, -0.05) is 41.9 Å². The Morgan fingerprint density at radius 3 is 2.52 bits per heavy atom. The summed E-state index contributed by atoms with van der Waals surface area (Å²) in [5.41, 5.74) is 0.862. The summed E-state index contributed by atoms with van der Waals surface area (Å²) in [7, 11) is -3.48. The van der Waals surface area contributed by atoms with Gasteiger partial charge in [0.05, 0.1) is 0 Å². The minimum atomic E-state index is -3.48. The van der Waals surface area contributed by atoms with Crippen molar-refractivity contribution in [2.45, 2.75) is 38.1 Å². The second-order valence-corrected chi connectivity index (χ2v) is 8.44. The van der Waals surface area contributed by atoms with E-state index in [0.717, 1.165) is 31.2 Å². The van der Waals surface area contributed by atoms with E-state index in [1.807, 2.05) is 30.3 Å². The number of aromatic nitrogens is 2. The van der Waals surface area contributed by atoms with Crippen molar-refractivity contribution in [2.75, 3.05) is 19.6 Å². The number of piperidine rings is 1. The van der Waals surface area contributed by atoms with Crippen LogP contribution >= 0.6 is 0 Å². The Bertz CT molecular complexity index is 815. The first-order chi connectivity index (χ1) is 12.2. The quantitative estimate of drug-likeness (QED) is 0.835. The molecule has 2 fully saturated rings. The van der Waals surface area contributed by atoms with Crippen molar-refractivity contribution in [3.8, 4) is 11.4 Å². The summed E-state index contributed by atoms with van der Waals surface area (Å²) in [5.74, 6) is 0.884. The molecule has 0 amide bonds. The molecule has 3 heterocycles. The van der Waals surface area contributed by atoms with Crippen LogP contribution in [-0.2, 0) is 10.2 Å². The van der Waals surface area contributed by atoms with Gasteiger partial charge in [-0.05, 0) is 25.7 Å². The van der Waals surface area contributed by atoms with E-state index in [1.54, 1.807) is 8.61 Å². The molecule has 2 aliphatic heterocycles. The predicted octanol–water partition coefficient (Wildman–Crippen LogP) is 2.60. The van der Waals surface area contributed by atoms with E-state index >= 15 is 0 Å². The van der Waals surface area contributed by atoms with Crippen LogP contribution in [0.1, 0.15) is 44.0 Å². The topological polar surface area (TPSA) is 79.5 Å². The van der Waals surface area contributed by atoms with E-state index < -0.39 is 10.2 Å². The third-order valence-corrected chi connectivity index (χ3v) is 6.95. The molecule has 1 aromatic heterocycles. The highest BCUT2D eigenvalue weighted by Gasteiger charge is 2.41. The summed E-state index contributed by atoms with van der Waals surface area (Å²) in [4.78, 5) is 4.47. The number of hydrogen-bond donors (Lipinski definition) is 0. The number of nitrogens with zero attached hydrogens (tertiary/aromatic N) is 4. The largest absolute Gasteiger partial charge is 0.337 e. The van der Waals surface area contributed by atoms with Crippen LogP contribution in [0.3, 0.4) is 0 Å². The molecular formula is C17H22N4O3S. The lowest BCUT2D eigenvalue weighted by molar-refractivity contribution is 0.261. The smallest absolute Gasteiger partial charge is 0.282 e. The maximum Gasteiger partial charge on any atom is 0.282 e. The molecule has 0 unspecified atom stereocenters. The lowest BCUT2D eigenvalue weighted by Gasteiger charge is -2.31. The van der Waals surface area contributed by atoms with Crippen LogP contribution in [0.15, 0.2) is 34.9 Å². The zero-order chi connectivity index (χ0) is 17.3. The van der Waals surface area contributed by atoms with Gasteiger partial charge in [0.2, 0.25) is 11.7 Å². The fraction of sp³-hybridized carbons (Fsp3) is 0.529. The minimum Gasteiger partial charge on any atom is -0.337 e. The molecule has 0 radical (unpaired) electrons. The van der Waals surface area contributed by atoms with Crippen LogP contribution in [0, 0.1) is 0 Å². The summed E-state index contributed by atoms with van der Waals surface area (Å²) in [6, 6.07) is 9.20. The molecule has 25 heavy (non-hydrogen) atoms. The van der Waals surface area contributed by atoms with Gasteiger partial charge in [0.25, 0.3) is 10.2 Å². The van der Waals surface area contributed by atoms with E-state index in [-0.39, 0.29) is 6.04 Å². The molecule has 1 aromatic carbocycles. The van der Waals surface area contributed by atoms with Crippen molar-refractivity contribution in [1.29, 1.82) is 0 Å². The Morgan fingerprint density at radius 1 is 1.00 bits per heavy atom. The zero-order valence-electron chi connectivity index (χ0n) is 14.0. The molecule has 0 N–H and O–H groups in total. The molecule has 2 aliphatic rings. The van der Waals surface area contributed by atoms with Crippen LogP contribution in [0.2, 0.25) is 0 Å². The van der Waals surface area contributed by atoms with Gasteiger partial charge in [-0.25, -0.2) is 0 Å². The fourth-order valence-corrected chi connectivity index (χ4v) is 5.48. The molecule has 0 spiro atoms. The van der Waals surface area contributed by atoms with Gasteiger partial charge >= 0.3 is 0 Å². The monoisotopic (exact) mass is 362 g/mol. The predicted molar refractivity (Wildman–Crippen MR) is 92.8 cm³/mol.